The summed E-state index contributed by atoms with van der Waals surface area (Å²) in [5.74, 6) is 0.805. The summed E-state index contributed by atoms with van der Waals surface area (Å²) in [5.41, 5.74) is 0. The van der Waals surface area contributed by atoms with Crippen LogP contribution in [-0.2, 0) is 13.0 Å². The highest BCUT2D eigenvalue weighted by Gasteiger charge is 2.05. The molecule has 92 valence electrons. The molecule has 16 heavy (non-hydrogen) atoms. The van der Waals surface area contributed by atoms with Crippen LogP contribution in [0.5, 0.6) is 0 Å². The third kappa shape index (κ3) is 5.08. The van der Waals surface area contributed by atoms with Crippen molar-refractivity contribution in [3.05, 3.63) is 16.1 Å². The molecule has 0 spiro atoms. The quantitative estimate of drug-likeness (QED) is 0.787. The molecule has 1 aromatic rings. The van der Waals surface area contributed by atoms with Crippen LogP contribution in [0.3, 0.4) is 0 Å². The molecular formula is C13H24N2S. The molecule has 0 aliphatic rings. The van der Waals surface area contributed by atoms with E-state index in [2.05, 4.69) is 38.0 Å². The number of aryl methyl sites for hydroxylation is 1. The van der Waals surface area contributed by atoms with Crippen LogP contribution in [0.15, 0.2) is 6.20 Å². The normalized spacial score (nSPS) is 13.3. The van der Waals surface area contributed by atoms with Crippen LogP contribution < -0.4 is 5.32 Å². The van der Waals surface area contributed by atoms with Crippen LogP contribution in [0.25, 0.3) is 0 Å². The summed E-state index contributed by atoms with van der Waals surface area (Å²) >= 11 is 1.83. The number of rotatable bonds is 7. The Bertz CT molecular complexity index is 294. The van der Waals surface area contributed by atoms with Gasteiger partial charge in [0, 0.05) is 23.7 Å². The van der Waals surface area contributed by atoms with E-state index < -0.39 is 0 Å². The van der Waals surface area contributed by atoms with E-state index in [0.29, 0.717) is 6.04 Å². The van der Waals surface area contributed by atoms with E-state index in [1.54, 1.807) is 0 Å². The average molecular weight is 240 g/mol. The molecule has 1 atom stereocenters. The van der Waals surface area contributed by atoms with Crippen molar-refractivity contribution in [2.75, 3.05) is 0 Å². The minimum absolute atomic E-state index is 0.606. The maximum absolute atomic E-state index is 4.37. The number of nitrogens with one attached hydrogen (secondary N) is 1. The number of hydrogen-bond acceptors (Lipinski definition) is 3. The summed E-state index contributed by atoms with van der Waals surface area (Å²) < 4.78 is 0. The van der Waals surface area contributed by atoms with Crippen molar-refractivity contribution in [1.82, 2.24) is 10.3 Å². The van der Waals surface area contributed by atoms with Gasteiger partial charge in [-0.25, -0.2) is 4.98 Å². The average Bonchev–Trinajstić information content (AvgIpc) is 2.71. The van der Waals surface area contributed by atoms with Crippen LogP contribution in [-0.4, -0.2) is 11.0 Å². The Morgan fingerprint density at radius 2 is 2.06 bits per heavy atom. The monoisotopic (exact) mass is 240 g/mol. The standard InChI is InChI=1S/C13H24N2S/c1-5-13-15-9-12(16-13)8-14-11(4)7-6-10(2)3/h9-11,14H,5-8H2,1-4H3. The van der Waals surface area contributed by atoms with Crippen LogP contribution in [0.4, 0.5) is 0 Å². The predicted molar refractivity (Wildman–Crippen MR) is 71.9 cm³/mol. The maximum Gasteiger partial charge on any atom is 0.0925 e. The lowest BCUT2D eigenvalue weighted by molar-refractivity contribution is 0.452. The molecule has 0 aromatic carbocycles. The van der Waals surface area contributed by atoms with Gasteiger partial charge in [0.05, 0.1) is 5.01 Å². The molecule has 0 fully saturated rings. The van der Waals surface area contributed by atoms with Crippen molar-refractivity contribution in [3.8, 4) is 0 Å². The molecule has 0 saturated heterocycles. The van der Waals surface area contributed by atoms with Gasteiger partial charge in [-0.15, -0.1) is 11.3 Å². The molecule has 1 unspecified atom stereocenters. The number of thiazole rings is 1. The first-order chi connectivity index (χ1) is 7.61. The molecule has 1 rings (SSSR count). The molecule has 1 aromatic heterocycles. The Kier molecular flexibility index (Phi) is 5.99. The lowest BCUT2D eigenvalue weighted by Gasteiger charge is -2.14. The first-order valence-corrected chi connectivity index (χ1v) is 7.10. The molecule has 0 amide bonds. The van der Waals surface area contributed by atoms with E-state index in [-0.39, 0.29) is 0 Å². The van der Waals surface area contributed by atoms with Crippen LogP contribution in [0.2, 0.25) is 0 Å². The highest BCUT2D eigenvalue weighted by molar-refractivity contribution is 7.11. The Morgan fingerprint density at radius 3 is 2.62 bits per heavy atom. The molecule has 0 aliphatic heterocycles. The van der Waals surface area contributed by atoms with Gasteiger partial charge in [0.1, 0.15) is 0 Å². The minimum Gasteiger partial charge on any atom is -0.309 e. The Balaban J connectivity index is 2.23. The fourth-order valence-corrected chi connectivity index (χ4v) is 2.37. The molecule has 1 heterocycles. The van der Waals surface area contributed by atoms with Crippen molar-refractivity contribution in [3.63, 3.8) is 0 Å². The largest absolute Gasteiger partial charge is 0.309 e. The second-order valence-corrected chi connectivity index (χ2v) is 6.03. The van der Waals surface area contributed by atoms with Crippen molar-refractivity contribution >= 4 is 11.3 Å². The second kappa shape index (κ2) is 7.02. The van der Waals surface area contributed by atoms with Crippen molar-refractivity contribution in [2.24, 2.45) is 5.92 Å². The lowest BCUT2D eigenvalue weighted by atomic mass is 10.0. The maximum atomic E-state index is 4.37. The molecular weight excluding hydrogens is 216 g/mol. The Morgan fingerprint density at radius 1 is 1.31 bits per heavy atom. The first-order valence-electron chi connectivity index (χ1n) is 6.28. The number of hydrogen-bond donors (Lipinski definition) is 1. The SMILES string of the molecule is CCc1ncc(CNC(C)CCC(C)C)s1. The predicted octanol–water partition coefficient (Wildman–Crippen LogP) is 3.62. The van der Waals surface area contributed by atoms with E-state index in [9.17, 15) is 0 Å². The van der Waals surface area contributed by atoms with E-state index in [0.717, 1.165) is 18.9 Å². The fraction of sp³-hybridized carbons (Fsp3) is 0.769. The summed E-state index contributed by atoms with van der Waals surface area (Å²) in [4.78, 5) is 5.72. The summed E-state index contributed by atoms with van der Waals surface area (Å²) in [7, 11) is 0. The van der Waals surface area contributed by atoms with Crippen LogP contribution >= 0.6 is 11.3 Å². The Labute approximate surface area is 103 Å². The molecule has 0 bridgehead atoms. The second-order valence-electron chi connectivity index (χ2n) is 4.83. The Hall–Kier alpha value is -0.410. The zero-order valence-corrected chi connectivity index (χ0v) is 11.7. The third-order valence-corrected chi connectivity index (χ3v) is 3.85. The van der Waals surface area contributed by atoms with Gasteiger partial charge in [0.15, 0.2) is 0 Å². The topological polar surface area (TPSA) is 24.9 Å². The summed E-state index contributed by atoms with van der Waals surface area (Å²) in [6.07, 6.45) is 5.62. The smallest absolute Gasteiger partial charge is 0.0925 e. The highest BCUT2D eigenvalue weighted by Crippen LogP contribution is 2.13. The van der Waals surface area contributed by atoms with Gasteiger partial charge >= 0.3 is 0 Å². The molecule has 0 saturated carbocycles. The zero-order valence-electron chi connectivity index (χ0n) is 10.9. The summed E-state index contributed by atoms with van der Waals surface area (Å²) in [6, 6.07) is 0.606. The van der Waals surface area contributed by atoms with E-state index in [4.69, 9.17) is 0 Å². The third-order valence-electron chi connectivity index (χ3n) is 2.71. The van der Waals surface area contributed by atoms with Gasteiger partial charge < -0.3 is 5.32 Å². The number of nitrogens with zero attached hydrogens (tertiary/aromatic N) is 1. The van der Waals surface area contributed by atoms with Gasteiger partial charge in [-0.05, 0) is 32.1 Å². The van der Waals surface area contributed by atoms with Crippen molar-refractivity contribution in [2.45, 2.75) is 59.5 Å². The van der Waals surface area contributed by atoms with Crippen molar-refractivity contribution < 1.29 is 0 Å². The summed E-state index contributed by atoms with van der Waals surface area (Å²) in [5, 5.41) is 4.80. The van der Waals surface area contributed by atoms with Crippen molar-refractivity contribution in [1.29, 1.82) is 0 Å². The van der Waals surface area contributed by atoms with Gasteiger partial charge in [-0.3, -0.25) is 0 Å². The van der Waals surface area contributed by atoms with Gasteiger partial charge in [-0.1, -0.05) is 20.8 Å². The molecule has 0 aliphatic carbocycles. The van der Waals surface area contributed by atoms with Gasteiger partial charge in [0.2, 0.25) is 0 Å². The molecule has 1 N–H and O–H groups in total. The van der Waals surface area contributed by atoms with Crippen LogP contribution in [0, 0.1) is 5.92 Å². The van der Waals surface area contributed by atoms with E-state index >= 15 is 0 Å². The first kappa shape index (κ1) is 13.7. The van der Waals surface area contributed by atoms with Gasteiger partial charge in [0.25, 0.3) is 0 Å². The number of aromatic nitrogens is 1. The fourth-order valence-electron chi connectivity index (χ4n) is 1.55. The molecule has 2 nitrogen and oxygen atoms in total. The van der Waals surface area contributed by atoms with E-state index in [1.807, 2.05) is 17.5 Å². The van der Waals surface area contributed by atoms with E-state index in [1.165, 1.54) is 22.7 Å². The van der Waals surface area contributed by atoms with Gasteiger partial charge in [-0.2, -0.15) is 0 Å². The minimum atomic E-state index is 0.606. The lowest BCUT2D eigenvalue weighted by Crippen LogP contribution is -2.25. The molecule has 0 radical (unpaired) electrons. The van der Waals surface area contributed by atoms with Crippen LogP contribution in [0.1, 0.15) is 50.4 Å². The summed E-state index contributed by atoms with van der Waals surface area (Å²) in [6.45, 7) is 9.95. The molecule has 3 heteroatoms. The highest BCUT2D eigenvalue weighted by atomic mass is 32.1. The zero-order chi connectivity index (χ0) is 12.0.